The summed E-state index contributed by atoms with van der Waals surface area (Å²) in [6, 6.07) is 16.1. The van der Waals surface area contributed by atoms with E-state index in [1.54, 1.807) is 28.4 Å². The number of alkyl halides is 2. The number of ketones is 2. The first kappa shape index (κ1) is 43.5. The van der Waals surface area contributed by atoms with Crippen LogP contribution in [-0.4, -0.2) is 40.0 Å². The fourth-order valence-corrected chi connectivity index (χ4v) is 8.66. The van der Waals surface area contributed by atoms with Gasteiger partial charge in [-0.3, -0.25) is 9.59 Å². The number of fused-ring (bicyclic) bond motifs is 8. The van der Waals surface area contributed by atoms with E-state index in [9.17, 15) is 0 Å². The Hall–Kier alpha value is -3.62. The average molecular weight is 891 g/mol. The molecule has 0 amide bonds. The van der Waals surface area contributed by atoms with E-state index >= 15 is 9.59 Å². The molecule has 4 aromatic rings. The Morgan fingerprint density at radius 3 is 0.696 bits per heavy atom. The summed E-state index contributed by atoms with van der Waals surface area (Å²) in [6.45, 7) is 25.5. The van der Waals surface area contributed by atoms with Crippen molar-refractivity contribution < 1.29 is 28.5 Å². The fourth-order valence-electron chi connectivity index (χ4n) is 7.30. The van der Waals surface area contributed by atoms with Crippen LogP contribution in [0.3, 0.4) is 0 Å². The third-order valence-corrected chi connectivity index (χ3v) is 12.8. The predicted octanol–water partition coefficient (Wildman–Crippen LogP) is 12.7. The van der Waals surface area contributed by atoms with E-state index in [2.05, 4.69) is 139 Å². The lowest BCUT2D eigenvalue weighted by Gasteiger charge is -2.30. The summed E-state index contributed by atoms with van der Waals surface area (Å²) in [5.74, 6) is 1.24. The van der Waals surface area contributed by atoms with Crippen molar-refractivity contribution in [2.75, 3.05) is 28.4 Å². The van der Waals surface area contributed by atoms with Gasteiger partial charge in [-0.1, -0.05) is 139 Å². The van der Waals surface area contributed by atoms with E-state index in [0.717, 1.165) is 44.5 Å². The van der Waals surface area contributed by atoms with Crippen molar-refractivity contribution in [1.29, 1.82) is 0 Å². The molecule has 1 aliphatic carbocycles. The molecule has 4 aromatic carbocycles. The van der Waals surface area contributed by atoms with Crippen LogP contribution in [0.15, 0.2) is 48.5 Å². The van der Waals surface area contributed by atoms with E-state index in [4.69, 9.17) is 18.9 Å². The summed E-state index contributed by atoms with van der Waals surface area (Å²) in [4.78, 5) is 29.8. The van der Waals surface area contributed by atoms with E-state index in [1.807, 2.05) is 24.3 Å². The van der Waals surface area contributed by atoms with Crippen LogP contribution in [0.2, 0.25) is 0 Å². The molecule has 0 spiro atoms. The lowest BCUT2D eigenvalue weighted by Crippen LogP contribution is -2.20. The van der Waals surface area contributed by atoms with Crippen molar-refractivity contribution in [3.63, 3.8) is 0 Å². The molecule has 0 heterocycles. The largest absolute Gasteiger partial charge is 0.496 e. The van der Waals surface area contributed by atoms with Gasteiger partial charge in [0, 0.05) is 22.3 Å². The predicted molar refractivity (Wildman–Crippen MR) is 235 cm³/mol. The fraction of sp³-hybridized carbons (Fsp3) is 0.458. The molecule has 6 nitrogen and oxygen atoms in total. The average Bonchev–Trinajstić information content (AvgIpc) is 3.12. The van der Waals surface area contributed by atoms with Crippen molar-refractivity contribution in [2.24, 2.45) is 0 Å². The van der Waals surface area contributed by atoms with E-state index in [-0.39, 0.29) is 33.2 Å². The second-order valence-corrected chi connectivity index (χ2v) is 20.8. The second kappa shape index (κ2) is 15.3. The zero-order valence-corrected chi connectivity index (χ0v) is 39.2. The Morgan fingerprint density at radius 1 is 0.375 bits per heavy atom. The lowest BCUT2D eigenvalue weighted by molar-refractivity contribution is 0.102. The molecule has 0 atom stereocenters. The molecule has 0 aliphatic heterocycles. The van der Waals surface area contributed by atoms with Crippen LogP contribution in [-0.2, 0) is 21.7 Å². The normalized spacial score (nSPS) is 16.5. The van der Waals surface area contributed by atoms with E-state index in [1.165, 1.54) is 0 Å². The number of hydrogen-bond acceptors (Lipinski definition) is 6. The number of halogens is 2. The molecule has 300 valence electrons. The zero-order valence-electron chi connectivity index (χ0n) is 36.0. The number of rotatable bonds is 4. The van der Waals surface area contributed by atoms with Gasteiger partial charge in [-0.05, 0) is 68.2 Å². The molecular weight excluding hydrogens is 832 g/mol. The van der Waals surface area contributed by atoms with E-state index < -0.39 is 9.65 Å². The van der Waals surface area contributed by atoms with Crippen LogP contribution >= 0.6 is 31.9 Å². The number of ether oxygens (including phenoxy) is 4. The molecule has 56 heavy (non-hydrogen) atoms. The molecule has 0 saturated carbocycles. The Kier molecular flexibility index (Phi) is 11.9. The van der Waals surface area contributed by atoms with Crippen LogP contribution in [0, 0.1) is 0 Å². The van der Waals surface area contributed by atoms with Crippen LogP contribution in [0.25, 0.3) is 0 Å². The maximum absolute atomic E-state index is 15.4. The molecule has 8 bridgehead atoms. The van der Waals surface area contributed by atoms with Gasteiger partial charge in [-0.25, -0.2) is 0 Å². The summed E-state index contributed by atoms with van der Waals surface area (Å²) in [6.07, 6.45) is 0. The first-order valence-electron chi connectivity index (χ1n) is 19.1. The van der Waals surface area contributed by atoms with Crippen molar-refractivity contribution in [3.05, 3.63) is 115 Å². The Morgan fingerprint density at radius 2 is 0.554 bits per heavy atom. The van der Waals surface area contributed by atoms with Crippen LogP contribution in [0.4, 0.5) is 0 Å². The maximum atomic E-state index is 15.4. The number of carbonyl (C=O) groups excluding carboxylic acids is 2. The minimum absolute atomic E-state index is 0.229. The highest BCUT2D eigenvalue weighted by Crippen LogP contribution is 2.51. The minimum Gasteiger partial charge on any atom is -0.496 e. The van der Waals surface area contributed by atoms with Gasteiger partial charge in [0.25, 0.3) is 0 Å². The van der Waals surface area contributed by atoms with Gasteiger partial charge in [0.2, 0.25) is 11.6 Å². The van der Waals surface area contributed by atoms with Gasteiger partial charge in [0.15, 0.2) is 0 Å². The summed E-state index contributed by atoms with van der Waals surface area (Å²) in [5.41, 5.74) is 7.00. The van der Waals surface area contributed by atoms with Crippen molar-refractivity contribution >= 4 is 43.4 Å². The number of carbonyl (C=O) groups is 2. The zero-order chi connectivity index (χ0) is 42.0. The topological polar surface area (TPSA) is 71.1 Å². The SMILES string of the molecule is COc1c2cc(C(C)(C)C)cc1C(Br)c1cc(C(C)(C)C)cc(c1OC)C(=O)c1cc(C(C)(C)C)cc(c1OC)C(Br)c1cc(C(C)(C)C)cc(c1OC)C2=O. The number of hydrogen-bond donors (Lipinski definition) is 0. The molecular formula is C48H58Br2O6. The molecule has 1 aliphatic rings. The van der Waals surface area contributed by atoms with E-state index in [0.29, 0.717) is 45.3 Å². The van der Waals surface area contributed by atoms with Gasteiger partial charge in [0.1, 0.15) is 23.0 Å². The molecule has 0 radical (unpaired) electrons. The first-order chi connectivity index (χ1) is 25.8. The van der Waals surface area contributed by atoms with Crippen molar-refractivity contribution in [2.45, 2.75) is 114 Å². The van der Waals surface area contributed by atoms with Gasteiger partial charge in [-0.2, -0.15) is 0 Å². The third kappa shape index (κ3) is 7.94. The van der Waals surface area contributed by atoms with Crippen LogP contribution < -0.4 is 18.9 Å². The third-order valence-electron chi connectivity index (χ3n) is 10.8. The molecule has 0 unspecified atom stereocenters. The molecule has 5 rings (SSSR count). The standard InChI is InChI=1S/C48H58Br2O6/c1-45(2,3)25-17-29-37(49)30-18-26(46(4,5)6)23-35(42(30)54-14)40(52)36-24-28(48(10,11)12)20-32(44(36)56-16)38(50)31-19-27(47(7,8)9)22-34(43(31)55-15)39(51)33(21-25)41(29)53-13/h17-24,37-38H,1-16H3. The van der Waals surface area contributed by atoms with Gasteiger partial charge >= 0.3 is 0 Å². The Balaban J connectivity index is 2.12. The molecule has 0 fully saturated rings. The number of methoxy groups -OCH3 is 4. The maximum Gasteiger partial charge on any atom is 0.200 e. The molecule has 8 heteroatoms. The lowest BCUT2D eigenvalue weighted by atomic mass is 9.78. The summed E-state index contributed by atoms with van der Waals surface area (Å²) in [7, 11) is 6.38. The molecule has 0 N–H and O–H groups in total. The number of benzene rings is 4. The summed E-state index contributed by atoms with van der Waals surface area (Å²) >= 11 is 8.16. The Labute approximate surface area is 351 Å². The highest BCUT2D eigenvalue weighted by atomic mass is 79.9. The van der Waals surface area contributed by atoms with Gasteiger partial charge in [-0.15, -0.1) is 0 Å². The summed E-state index contributed by atoms with van der Waals surface area (Å²) in [5, 5.41) is 0. The van der Waals surface area contributed by atoms with Gasteiger partial charge < -0.3 is 18.9 Å². The highest BCUT2D eigenvalue weighted by Gasteiger charge is 2.36. The van der Waals surface area contributed by atoms with Crippen LogP contribution in [0.5, 0.6) is 23.0 Å². The second-order valence-electron chi connectivity index (χ2n) is 19.0. The smallest absolute Gasteiger partial charge is 0.200 e. The minimum atomic E-state index is -0.549. The highest BCUT2D eigenvalue weighted by molar-refractivity contribution is 9.09. The van der Waals surface area contributed by atoms with Crippen LogP contribution in [0.1, 0.15) is 169 Å². The Bertz CT molecular complexity index is 1900. The quantitative estimate of drug-likeness (QED) is 0.190. The molecule has 0 saturated heterocycles. The first-order valence-corrected chi connectivity index (χ1v) is 20.9. The van der Waals surface area contributed by atoms with Crippen molar-refractivity contribution in [3.8, 4) is 23.0 Å². The molecule has 0 aromatic heterocycles. The van der Waals surface area contributed by atoms with Gasteiger partial charge in [0.05, 0.1) is 60.3 Å². The monoisotopic (exact) mass is 888 g/mol. The van der Waals surface area contributed by atoms with Crippen molar-refractivity contribution in [1.82, 2.24) is 0 Å². The summed E-state index contributed by atoms with van der Waals surface area (Å²) < 4.78 is 25.0.